The van der Waals surface area contributed by atoms with Gasteiger partial charge in [0.05, 0.1) is 4.92 Å². The maximum Gasteiger partial charge on any atom is 0.306 e. The first kappa shape index (κ1) is 17.4. The van der Waals surface area contributed by atoms with Gasteiger partial charge in [-0.1, -0.05) is 12.1 Å². The van der Waals surface area contributed by atoms with Crippen LogP contribution in [-0.4, -0.2) is 16.9 Å². The number of benzene rings is 2. The van der Waals surface area contributed by atoms with Crippen molar-refractivity contribution in [2.24, 2.45) is 0 Å². The Labute approximate surface area is 138 Å². The topological polar surface area (TPSA) is 84.3 Å². The molecular weight excluding hydrogens is 313 g/mol. The summed E-state index contributed by atoms with van der Waals surface area (Å²) in [6.45, 7) is 5.55. The number of rotatable bonds is 5. The molecule has 0 aromatic heterocycles. The highest BCUT2D eigenvalue weighted by Crippen LogP contribution is 2.22. The first-order chi connectivity index (χ1) is 11.3. The summed E-state index contributed by atoms with van der Waals surface area (Å²) in [5.41, 5.74) is 2.39. The van der Waals surface area contributed by atoms with Gasteiger partial charge in [-0.3, -0.25) is 14.9 Å². The van der Waals surface area contributed by atoms with Crippen LogP contribution in [0.4, 0.5) is 21.5 Å². The van der Waals surface area contributed by atoms with Crippen LogP contribution in [0.2, 0.25) is 0 Å². The maximum atomic E-state index is 13.3. The van der Waals surface area contributed by atoms with Gasteiger partial charge in [-0.15, -0.1) is 0 Å². The van der Waals surface area contributed by atoms with Crippen LogP contribution in [0.3, 0.4) is 0 Å². The van der Waals surface area contributed by atoms with Crippen LogP contribution < -0.4 is 10.6 Å². The van der Waals surface area contributed by atoms with Crippen molar-refractivity contribution >= 4 is 23.0 Å². The highest BCUT2D eigenvalue weighted by molar-refractivity contribution is 5.96. The number of nitrogens with one attached hydrogen (secondary N) is 2. The van der Waals surface area contributed by atoms with Crippen LogP contribution in [0.15, 0.2) is 36.4 Å². The number of hydrogen-bond acceptors (Lipinski definition) is 4. The summed E-state index contributed by atoms with van der Waals surface area (Å²) in [5, 5.41) is 16.4. The summed E-state index contributed by atoms with van der Waals surface area (Å²) in [6, 6.07) is 8.52. The van der Waals surface area contributed by atoms with E-state index in [9.17, 15) is 19.3 Å². The fourth-order valence-electron chi connectivity index (χ4n) is 2.17. The average Bonchev–Trinajstić information content (AvgIpc) is 2.52. The van der Waals surface area contributed by atoms with Crippen molar-refractivity contribution in [3.63, 3.8) is 0 Å². The number of halogens is 1. The van der Waals surface area contributed by atoms with Gasteiger partial charge >= 0.3 is 5.69 Å². The van der Waals surface area contributed by atoms with Crippen LogP contribution in [0, 0.1) is 29.8 Å². The molecule has 0 aliphatic carbocycles. The molecule has 2 aromatic rings. The van der Waals surface area contributed by atoms with Crippen molar-refractivity contribution in [3.8, 4) is 0 Å². The fourth-order valence-corrected chi connectivity index (χ4v) is 2.17. The Morgan fingerprint density at radius 2 is 1.92 bits per heavy atom. The molecular formula is C17H18FN3O3. The van der Waals surface area contributed by atoms with E-state index in [1.165, 1.54) is 6.07 Å². The molecule has 0 radical (unpaired) electrons. The lowest BCUT2D eigenvalue weighted by Crippen LogP contribution is -2.32. The normalized spacial score (nSPS) is 11.7. The number of hydrogen-bond donors (Lipinski definition) is 2. The van der Waals surface area contributed by atoms with Gasteiger partial charge in [-0.05, 0) is 50.1 Å². The number of carbonyl (C=O) groups excluding carboxylic acids is 1. The highest BCUT2D eigenvalue weighted by atomic mass is 19.1. The number of anilines is 2. The number of nitro groups is 1. The van der Waals surface area contributed by atoms with E-state index in [1.807, 2.05) is 32.0 Å². The molecule has 0 saturated carbocycles. The molecule has 7 heteroatoms. The molecule has 0 fully saturated rings. The molecule has 0 aliphatic rings. The lowest BCUT2D eigenvalue weighted by Gasteiger charge is -2.17. The molecule has 0 aliphatic heterocycles. The van der Waals surface area contributed by atoms with Crippen LogP contribution in [-0.2, 0) is 4.79 Å². The number of aryl methyl sites for hydroxylation is 2. The summed E-state index contributed by atoms with van der Waals surface area (Å²) in [6.07, 6.45) is 0. The summed E-state index contributed by atoms with van der Waals surface area (Å²) in [4.78, 5) is 22.2. The van der Waals surface area contributed by atoms with E-state index in [-0.39, 0.29) is 11.6 Å². The predicted octanol–water partition coefficient (Wildman–Crippen LogP) is 3.79. The third-order valence-electron chi connectivity index (χ3n) is 3.57. The van der Waals surface area contributed by atoms with Crippen molar-refractivity contribution < 1.29 is 14.1 Å². The largest absolute Gasteiger partial charge is 0.374 e. The molecule has 0 saturated heterocycles. The zero-order valence-corrected chi connectivity index (χ0v) is 13.6. The summed E-state index contributed by atoms with van der Waals surface area (Å²) in [7, 11) is 0. The van der Waals surface area contributed by atoms with Crippen LogP contribution in [0.1, 0.15) is 18.1 Å². The molecule has 0 unspecified atom stereocenters. The zero-order valence-electron chi connectivity index (χ0n) is 13.6. The second kappa shape index (κ2) is 7.08. The van der Waals surface area contributed by atoms with E-state index in [2.05, 4.69) is 10.6 Å². The third-order valence-corrected chi connectivity index (χ3v) is 3.57. The number of nitro benzene ring substituents is 1. The van der Waals surface area contributed by atoms with Crippen molar-refractivity contribution in [2.75, 3.05) is 10.6 Å². The third kappa shape index (κ3) is 4.07. The van der Waals surface area contributed by atoms with Crippen molar-refractivity contribution in [1.82, 2.24) is 0 Å². The van der Waals surface area contributed by atoms with Gasteiger partial charge in [0, 0.05) is 17.4 Å². The Morgan fingerprint density at radius 1 is 1.21 bits per heavy atom. The van der Waals surface area contributed by atoms with E-state index in [0.29, 0.717) is 0 Å². The van der Waals surface area contributed by atoms with Crippen molar-refractivity contribution in [1.29, 1.82) is 0 Å². The molecule has 2 rings (SSSR count). The summed E-state index contributed by atoms with van der Waals surface area (Å²) >= 11 is 0. The molecule has 0 bridgehead atoms. The van der Waals surface area contributed by atoms with E-state index < -0.39 is 22.5 Å². The molecule has 0 spiro atoms. The van der Waals surface area contributed by atoms with Gasteiger partial charge in [0.1, 0.15) is 6.04 Å². The Kier molecular flexibility index (Phi) is 5.13. The van der Waals surface area contributed by atoms with Gasteiger partial charge in [0.2, 0.25) is 11.7 Å². The number of nitrogens with zero attached hydrogens (tertiary/aromatic N) is 1. The SMILES string of the molecule is Cc1ccc(C)c(N[C@H](C)C(=O)Nc2ccc(F)c([N+](=O)[O-])c2)c1. The molecule has 2 N–H and O–H groups in total. The quantitative estimate of drug-likeness (QED) is 0.645. The first-order valence-electron chi connectivity index (χ1n) is 7.36. The lowest BCUT2D eigenvalue weighted by atomic mass is 10.1. The number of carbonyl (C=O) groups is 1. The molecule has 1 atom stereocenters. The van der Waals surface area contributed by atoms with Gasteiger partial charge in [-0.2, -0.15) is 4.39 Å². The minimum atomic E-state index is -0.945. The average molecular weight is 331 g/mol. The van der Waals surface area contributed by atoms with E-state index in [1.54, 1.807) is 6.92 Å². The lowest BCUT2D eigenvalue weighted by molar-refractivity contribution is -0.387. The highest BCUT2D eigenvalue weighted by Gasteiger charge is 2.18. The second-order valence-electron chi connectivity index (χ2n) is 5.60. The molecule has 2 aromatic carbocycles. The fraction of sp³-hybridized carbons (Fsp3) is 0.235. The molecule has 24 heavy (non-hydrogen) atoms. The Morgan fingerprint density at radius 3 is 2.58 bits per heavy atom. The van der Waals surface area contributed by atoms with E-state index >= 15 is 0 Å². The van der Waals surface area contributed by atoms with Gasteiger partial charge in [0.25, 0.3) is 0 Å². The Bertz CT molecular complexity index is 793. The van der Waals surface area contributed by atoms with Crippen molar-refractivity contribution in [2.45, 2.75) is 26.8 Å². The van der Waals surface area contributed by atoms with E-state index in [0.717, 1.165) is 28.9 Å². The monoisotopic (exact) mass is 331 g/mol. The molecule has 1 amide bonds. The summed E-state index contributed by atoms with van der Waals surface area (Å²) in [5.74, 6) is -1.32. The molecule has 126 valence electrons. The Hall–Kier alpha value is -2.96. The van der Waals surface area contributed by atoms with Gasteiger partial charge in [-0.25, -0.2) is 0 Å². The van der Waals surface area contributed by atoms with Crippen LogP contribution >= 0.6 is 0 Å². The van der Waals surface area contributed by atoms with Crippen molar-refractivity contribution in [3.05, 3.63) is 63.5 Å². The molecule has 6 nitrogen and oxygen atoms in total. The van der Waals surface area contributed by atoms with Gasteiger partial charge < -0.3 is 10.6 Å². The van der Waals surface area contributed by atoms with Gasteiger partial charge in [0.15, 0.2) is 0 Å². The molecule has 0 heterocycles. The minimum absolute atomic E-state index is 0.169. The first-order valence-corrected chi connectivity index (χ1v) is 7.36. The zero-order chi connectivity index (χ0) is 17.9. The van der Waals surface area contributed by atoms with Crippen LogP contribution in [0.25, 0.3) is 0 Å². The van der Waals surface area contributed by atoms with Crippen LogP contribution in [0.5, 0.6) is 0 Å². The Balaban J connectivity index is 2.10. The second-order valence-corrected chi connectivity index (χ2v) is 5.60. The smallest absolute Gasteiger partial charge is 0.306 e. The standard InChI is InChI=1S/C17H18FN3O3/c1-10-4-5-11(2)15(8-10)19-12(3)17(22)20-13-6-7-14(18)16(9-13)21(23)24/h4-9,12,19H,1-3H3,(H,20,22)/t12-/m1/s1. The number of amides is 1. The predicted molar refractivity (Wildman–Crippen MR) is 90.7 cm³/mol. The summed E-state index contributed by atoms with van der Waals surface area (Å²) < 4.78 is 13.3. The maximum absolute atomic E-state index is 13.3. The van der Waals surface area contributed by atoms with E-state index in [4.69, 9.17) is 0 Å². The minimum Gasteiger partial charge on any atom is -0.374 e.